The summed E-state index contributed by atoms with van der Waals surface area (Å²) in [5.74, 6) is 0.0456. The van der Waals surface area contributed by atoms with Gasteiger partial charge in [-0.25, -0.2) is 0 Å². The van der Waals surface area contributed by atoms with Crippen molar-refractivity contribution in [2.24, 2.45) is 0 Å². The summed E-state index contributed by atoms with van der Waals surface area (Å²) in [5.41, 5.74) is 3.17. The summed E-state index contributed by atoms with van der Waals surface area (Å²) in [6, 6.07) is 7.94. The molecule has 0 radical (unpaired) electrons. The van der Waals surface area contributed by atoms with Crippen molar-refractivity contribution >= 4 is 17.5 Å². The Kier molecular flexibility index (Phi) is 4.02. The van der Waals surface area contributed by atoms with E-state index in [2.05, 4.69) is 23.3 Å². The van der Waals surface area contributed by atoms with Gasteiger partial charge in [0.05, 0.1) is 11.6 Å². The molecule has 0 saturated carbocycles. The van der Waals surface area contributed by atoms with E-state index in [1.807, 2.05) is 30.3 Å². The van der Waals surface area contributed by atoms with E-state index in [0.717, 1.165) is 42.1 Å². The molecular weight excluding hydrogens is 284 g/mol. The van der Waals surface area contributed by atoms with E-state index in [9.17, 15) is 4.79 Å². The average molecular weight is 303 g/mol. The van der Waals surface area contributed by atoms with E-state index in [4.69, 9.17) is 11.6 Å². The number of hydrogen-bond acceptors (Lipinski definition) is 2. The third-order valence-electron chi connectivity index (χ3n) is 4.07. The van der Waals surface area contributed by atoms with Crippen LogP contribution in [-0.2, 0) is 11.2 Å². The molecule has 1 atom stereocenters. The van der Waals surface area contributed by atoms with Gasteiger partial charge in [-0.15, -0.1) is 0 Å². The summed E-state index contributed by atoms with van der Waals surface area (Å²) in [6.07, 6.45) is 6.81. The van der Waals surface area contributed by atoms with Crippen LogP contribution in [0.2, 0.25) is 5.02 Å². The molecule has 0 spiro atoms. The minimum Gasteiger partial charge on any atom is -0.375 e. The van der Waals surface area contributed by atoms with Gasteiger partial charge in [0, 0.05) is 24.3 Å². The monoisotopic (exact) mass is 302 g/mol. The van der Waals surface area contributed by atoms with Gasteiger partial charge in [0.15, 0.2) is 0 Å². The second-order valence-electron chi connectivity index (χ2n) is 5.68. The number of allylic oxidation sites excluding steroid dienone is 2. The Labute approximate surface area is 130 Å². The van der Waals surface area contributed by atoms with Crippen LogP contribution in [-0.4, -0.2) is 30.4 Å². The highest BCUT2D eigenvalue weighted by molar-refractivity contribution is 6.30. The molecule has 3 rings (SSSR count). The molecule has 4 heteroatoms. The second-order valence-corrected chi connectivity index (χ2v) is 6.12. The number of hydrogen-bond donors (Lipinski definition) is 1. The van der Waals surface area contributed by atoms with Gasteiger partial charge in [-0.2, -0.15) is 0 Å². The van der Waals surface area contributed by atoms with Crippen LogP contribution in [0.3, 0.4) is 0 Å². The van der Waals surface area contributed by atoms with Crippen molar-refractivity contribution in [2.45, 2.75) is 25.3 Å². The Morgan fingerprint density at radius 2 is 2.10 bits per heavy atom. The first kappa shape index (κ1) is 14.2. The fourth-order valence-corrected chi connectivity index (χ4v) is 3.15. The lowest BCUT2D eigenvalue weighted by atomic mass is 10.0. The summed E-state index contributed by atoms with van der Waals surface area (Å²) < 4.78 is 0. The molecule has 2 aliphatic rings. The number of rotatable bonds is 2. The smallest absolute Gasteiger partial charge is 0.253 e. The molecule has 0 saturated heterocycles. The fraction of sp³-hybridized carbons (Fsp3) is 0.353. The minimum atomic E-state index is 0.0456. The highest BCUT2D eigenvalue weighted by atomic mass is 35.5. The Morgan fingerprint density at radius 3 is 2.86 bits per heavy atom. The van der Waals surface area contributed by atoms with E-state index in [1.165, 1.54) is 5.56 Å². The number of benzene rings is 1. The Bertz CT molecular complexity index is 604. The van der Waals surface area contributed by atoms with Gasteiger partial charge in [-0.1, -0.05) is 35.9 Å². The van der Waals surface area contributed by atoms with Gasteiger partial charge in [0.25, 0.3) is 5.91 Å². The van der Waals surface area contributed by atoms with Crippen molar-refractivity contribution in [2.75, 3.05) is 13.6 Å². The maximum absolute atomic E-state index is 12.4. The summed E-state index contributed by atoms with van der Waals surface area (Å²) in [4.78, 5) is 14.6. The molecule has 0 aromatic heterocycles. The SMILES string of the molecule is CN1CC(Cc2ccc(Cl)cc2)NC(=O)C2=C1CCC=C2. The van der Waals surface area contributed by atoms with Crippen molar-refractivity contribution in [3.05, 3.63) is 58.3 Å². The van der Waals surface area contributed by atoms with Gasteiger partial charge in [0.1, 0.15) is 0 Å². The molecule has 3 nitrogen and oxygen atoms in total. The first-order chi connectivity index (χ1) is 10.1. The van der Waals surface area contributed by atoms with Crippen LogP contribution in [0.25, 0.3) is 0 Å². The van der Waals surface area contributed by atoms with Crippen molar-refractivity contribution in [3.63, 3.8) is 0 Å². The maximum Gasteiger partial charge on any atom is 0.253 e. The highest BCUT2D eigenvalue weighted by Crippen LogP contribution is 2.24. The van der Waals surface area contributed by atoms with Crippen LogP contribution in [0.4, 0.5) is 0 Å². The molecule has 1 aromatic rings. The summed E-state index contributed by atoms with van der Waals surface area (Å²) in [5, 5.41) is 3.89. The number of halogens is 1. The number of carbonyl (C=O) groups excluding carboxylic acids is 1. The zero-order valence-electron chi connectivity index (χ0n) is 12.1. The van der Waals surface area contributed by atoms with E-state index < -0.39 is 0 Å². The largest absolute Gasteiger partial charge is 0.375 e. The standard InChI is InChI=1S/C17H19ClN2O/c1-20-11-14(10-12-6-8-13(18)9-7-12)19-17(21)15-4-2-3-5-16(15)20/h2,4,6-9,14H,3,5,10-11H2,1H3,(H,19,21). The van der Waals surface area contributed by atoms with Crippen LogP contribution < -0.4 is 5.32 Å². The Balaban J connectivity index is 1.77. The molecule has 1 aliphatic carbocycles. The molecule has 1 N–H and O–H groups in total. The summed E-state index contributed by atoms with van der Waals surface area (Å²) >= 11 is 5.92. The lowest BCUT2D eigenvalue weighted by Gasteiger charge is -2.26. The topological polar surface area (TPSA) is 32.3 Å². The predicted octanol–water partition coefficient (Wildman–Crippen LogP) is 2.92. The molecule has 21 heavy (non-hydrogen) atoms. The van der Waals surface area contributed by atoms with Crippen molar-refractivity contribution in [3.8, 4) is 0 Å². The van der Waals surface area contributed by atoms with Gasteiger partial charge < -0.3 is 10.2 Å². The van der Waals surface area contributed by atoms with Crippen LogP contribution >= 0.6 is 11.6 Å². The van der Waals surface area contributed by atoms with E-state index in [1.54, 1.807) is 0 Å². The summed E-state index contributed by atoms with van der Waals surface area (Å²) in [6.45, 7) is 0.834. The quantitative estimate of drug-likeness (QED) is 0.911. The zero-order valence-corrected chi connectivity index (χ0v) is 12.9. The Morgan fingerprint density at radius 1 is 1.33 bits per heavy atom. The third kappa shape index (κ3) is 3.13. The van der Waals surface area contributed by atoms with Gasteiger partial charge in [-0.05, 0) is 37.0 Å². The molecular formula is C17H19ClN2O. The third-order valence-corrected chi connectivity index (χ3v) is 4.33. The van der Waals surface area contributed by atoms with Crippen molar-refractivity contribution in [1.29, 1.82) is 0 Å². The first-order valence-corrected chi connectivity index (χ1v) is 7.67. The molecule has 1 heterocycles. The summed E-state index contributed by atoms with van der Waals surface area (Å²) in [7, 11) is 2.07. The lowest BCUT2D eigenvalue weighted by molar-refractivity contribution is -0.117. The van der Waals surface area contributed by atoms with Crippen molar-refractivity contribution < 1.29 is 4.79 Å². The molecule has 110 valence electrons. The normalized spacial score (nSPS) is 21.9. The van der Waals surface area contributed by atoms with Crippen LogP contribution in [0.5, 0.6) is 0 Å². The number of nitrogens with zero attached hydrogens (tertiary/aromatic N) is 1. The van der Waals surface area contributed by atoms with Gasteiger partial charge in [-0.3, -0.25) is 4.79 Å². The molecule has 1 unspecified atom stereocenters. The number of amides is 1. The van der Waals surface area contributed by atoms with Gasteiger partial charge >= 0.3 is 0 Å². The van der Waals surface area contributed by atoms with Gasteiger partial charge in [0.2, 0.25) is 0 Å². The number of likely N-dealkylation sites (N-methyl/N-ethyl adjacent to an activating group) is 1. The lowest BCUT2D eigenvalue weighted by Crippen LogP contribution is -2.40. The van der Waals surface area contributed by atoms with Crippen LogP contribution in [0.1, 0.15) is 18.4 Å². The minimum absolute atomic E-state index is 0.0456. The fourth-order valence-electron chi connectivity index (χ4n) is 3.03. The van der Waals surface area contributed by atoms with Crippen molar-refractivity contribution in [1.82, 2.24) is 10.2 Å². The van der Waals surface area contributed by atoms with E-state index >= 15 is 0 Å². The number of carbonyl (C=O) groups is 1. The molecule has 0 fully saturated rings. The Hall–Kier alpha value is -1.74. The molecule has 1 amide bonds. The zero-order chi connectivity index (χ0) is 14.8. The van der Waals surface area contributed by atoms with E-state index in [0.29, 0.717) is 0 Å². The molecule has 1 aliphatic heterocycles. The van der Waals surface area contributed by atoms with E-state index in [-0.39, 0.29) is 11.9 Å². The van der Waals surface area contributed by atoms with Crippen LogP contribution in [0, 0.1) is 0 Å². The molecule has 0 bridgehead atoms. The average Bonchev–Trinajstić information content (AvgIpc) is 2.60. The number of nitrogens with one attached hydrogen (secondary N) is 1. The molecule has 1 aromatic carbocycles. The first-order valence-electron chi connectivity index (χ1n) is 7.29. The second kappa shape index (κ2) is 5.94. The highest BCUT2D eigenvalue weighted by Gasteiger charge is 2.26. The maximum atomic E-state index is 12.4. The van der Waals surface area contributed by atoms with Crippen LogP contribution in [0.15, 0.2) is 47.7 Å². The predicted molar refractivity (Wildman–Crippen MR) is 85.1 cm³/mol.